The van der Waals surface area contributed by atoms with E-state index in [0.29, 0.717) is 0 Å². The summed E-state index contributed by atoms with van der Waals surface area (Å²) in [6.45, 7) is 12.0. The molecule has 3 rings (SSSR count). The number of rotatable bonds is 7. The molecule has 0 spiro atoms. The van der Waals surface area contributed by atoms with Gasteiger partial charge in [0.25, 0.3) is 0 Å². The van der Waals surface area contributed by atoms with Crippen LogP contribution in [-0.2, 0) is 4.74 Å². The van der Waals surface area contributed by atoms with Crippen molar-refractivity contribution >= 4 is 17.2 Å². The Morgan fingerprint density at radius 1 is 1.15 bits per heavy atom. The minimum atomic E-state index is 0.0519. The second-order valence-electron chi connectivity index (χ2n) is 6.96. The van der Waals surface area contributed by atoms with Gasteiger partial charge in [-0.2, -0.15) is 0 Å². The van der Waals surface area contributed by atoms with Gasteiger partial charge in [-0.05, 0) is 25.1 Å². The first-order valence-electron chi connectivity index (χ1n) is 9.73. The van der Waals surface area contributed by atoms with Crippen LogP contribution >= 0.6 is 12.2 Å². The maximum absolute atomic E-state index is 5.82. The van der Waals surface area contributed by atoms with Crippen molar-refractivity contribution in [3.8, 4) is 0 Å². The number of aromatic nitrogens is 1. The highest BCUT2D eigenvalue weighted by atomic mass is 32.1. The van der Waals surface area contributed by atoms with Gasteiger partial charge in [0.15, 0.2) is 0 Å². The van der Waals surface area contributed by atoms with Crippen molar-refractivity contribution in [2.75, 3.05) is 65.7 Å². The molecule has 2 saturated heterocycles. The molecule has 1 atom stereocenters. The molecule has 144 valence electrons. The standard InChI is InChI=1S/C19H31N5OS/c1-2-7-22-8-10-24(11-9-22)18(17-5-3-4-6-20-17)19(26)21-16-23-12-14-25-15-13-23/h3-6,18H,2,7-16H2,1H3,(H,21,26). The second-order valence-corrected chi connectivity index (χ2v) is 7.40. The smallest absolute Gasteiger partial charge is 0.103 e. The molecule has 0 amide bonds. The second kappa shape index (κ2) is 10.3. The lowest BCUT2D eigenvalue weighted by Crippen LogP contribution is -2.52. The Labute approximate surface area is 162 Å². The summed E-state index contributed by atoms with van der Waals surface area (Å²) in [5.41, 5.74) is 1.04. The van der Waals surface area contributed by atoms with E-state index in [9.17, 15) is 0 Å². The molecule has 2 aliphatic heterocycles. The molecule has 0 saturated carbocycles. The van der Waals surface area contributed by atoms with Crippen LogP contribution in [0.25, 0.3) is 0 Å². The predicted octanol–water partition coefficient (Wildman–Crippen LogP) is 1.36. The SMILES string of the molecule is CCCN1CCN(C(C(=S)NCN2CCOCC2)c2ccccn2)CC1. The van der Waals surface area contributed by atoms with E-state index in [1.165, 1.54) is 13.0 Å². The van der Waals surface area contributed by atoms with E-state index in [1.54, 1.807) is 0 Å². The van der Waals surface area contributed by atoms with Gasteiger partial charge in [-0.15, -0.1) is 0 Å². The molecule has 6 nitrogen and oxygen atoms in total. The lowest BCUT2D eigenvalue weighted by Gasteiger charge is -2.39. The van der Waals surface area contributed by atoms with Crippen LogP contribution in [0.5, 0.6) is 0 Å². The minimum Gasteiger partial charge on any atom is -0.379 e. The van der Waals surface area contributed by atoms with E-state index in [1.807, 2.05) is 18.3 Å². The summed E-state index contributed by atoms with van der Waals surface area (Å²) in [5.74, 6) is 0. The highest BCUT2D eigenvalue weighted by molar-refractivity contribution is 7.80. The number of nitrogens with one attached hydrogen (secondary N) is 1. The number of morpholine rings is 1. The van der Waals surface area contributed by atoms with Gasteiger partial charge >= 0.3 is 0 Å². The quantitative estimate of drug-likeness (QED) is 0.720. The molecule has 3 heterocycles. The third-order valence-corrected chi connectivity index (χ3v) is 5.48. The zero-order valence-corrected chi connectivity index (χ0v) is 16.6. The van der Waals surface area contributed by atoms with E-state index >= 15 is 0 Å². The van der Waals surface area contributed by atoms with Gasteiger partial charge in [0.2, 0.25) is 0 Å². The van der Waals surface area contributed by atoms with Gasteiger partial charge in [0.05, 0.1) is 30.6 Å². The molecule has 1 unspecified atom stereocenters. The zero-order chi connectivity index (χ0) is 18.2. The molecule has 0 aliphatic carbocycles. The molecule has 2 aliphatic rings. The van der Waals surface area contributed by atoms with Gasteiger partial charge in [-0.25, -0.2) is 0 Å². The molecule has 1 N–H and O–H groups in total. The number of thiocarbonyl (C=S) groups is 1. The van der Waals surface area contributed by atoms with Crippen molar-refractivity contribution in [2.45, 2.75) is 19.4 Å². The van der Waals surface area contributed by atoms with Crippen LogP contribution < -0.4 is 5.32 Å². The van der Waals surface area contributed by atoms with Crippen molar-refractivity contribution in [3.63, 3.8) is 0 Å². The first-order valence-corrected chi connectivity index (χ1v) is 10.1. The van der Waals surface area contributed by atoms with Crippen molar-refractivity contribution in [3.05, 3.63) is 30.1 Å². The Hall–Kier alpha value is -1.12. The fraction of sp³-hybridized carbons (Fsp3) is 0.684. The first-order chi connectivity index (χ1) is 12.8. The van der Waals surface area contributed by atoms with Crippen LogP contribution in [0.2, 0.25) is 0 Å². The van der Waals surface area contributed by atoms with Gasteiger partial charge in [-0.3, -0.25) is 14.8 Å². The average Bonchev–Trinajstić information content (AvgIpc) is 2.70. The van der Waals surface area contributed by atoms with Crippen LogP contribution in [0.1, 0.15) is 25.1 Å². The summed E-state index contributed by atoms with van der Waals surface area (Å²) < 4.78 is 5.42. The summed E-state index contributed by atoms with van der Waals surface area (Å²) in [7, 11) is 0. The van der Waals surface area contributed by atoms with Crippen LogP contribution in [0, 0.1) is 0 Å². The van der Waals surface area contributed by atoms with Crippen molar-refractivity contribution in [1.82, 2.24) is 25.0 Å². The Kier molecular flexibility index (Phi) is 7.76. The van der Waals surface area contributed by atoms with E-state index < -0.39 is 0 Å². The number of nitrogens with zero attached hydrogens (tertiary/aromatic N) is 4. The average molecular weight is 378 g/mol. The van der Waals surface area contributed by atoms with E-state index in [-0.39, 0.29) is 6.04 Å². The Morgan fingerprint density at radius 2 is 1.92 bits per heavy atom. The predicted molar refractivity (Wildman–Crippen MR) is 108 cm³/mol. The summed E-state index contributed by atoms with van der Waals surface area (Å²) in [5, 5.41) is 3.49. The Morgan fingerprint density at radius 3 is 2.58 bits per heavy atom. The summed E-state index contributed by atoms with van der Waals surface area (Å²) in [4.78, 5) is 12.8. The van der Waals surface area contributed by atoms with Gasteiger partial charge in [0, 0.05) is 45.5 Å². The number of pyridine rings is 1. The van der Waals surface area contributed by atoms with Crippen molar-refractivity contribution < 1.29 is 4.74 Å². The molecule has 1 aromatic heterocycles. The molecule has 7 heteroatoms. The van der Waals surface area contributed by atoms with Crippen LogP contribution in [0.3, 0.4) is 0 Å². The van der Waals surface area contributed by atoms with E-state index in [4.69, 9.17) is 17.0 Å². The van der Waals surface area contributed by atoms with Crippen molar-refractivity contribution in [2.24, 2.45) is 0 Å². The summed E-state index contributed by atoms with van der Waals surface area (Å²) >= 11 is 5.82. The van der Waals surface area contributed by atoms with Crippen molar-refractivity contribution in [1.29, 1.82) is 0 Å². The highest BCUT2D eigenvalue weighted by Gasteiger charge is 2.29. The highest BCUT2D eigenvalue weighted by Crippen LogP contribution is 2.22. The zero-order valence-electron chi connectivity index (χ0n) is 15.8. The van der Waals surface area contributed by atoms with Crippen LogP contribution in [0.4, 0.5) is 0 Å². The molecular weight excluding hydrogens is 346 g/mol. The Bertz CT molecular complexity index is 544. The number of hydrogen-bond acceptors (Lipinski definition) is 6. The van der Waals surface area contributed by atoms with Gasteiger partial charge < -0.3 is 15.0 Å². The van der Waals surface area contributed by atoms with Crippen LogP contribution in [0.15, 0.2) is 24.4 Å². The molecule has 0 aromatic carbocycles. The van der Waals surface area contributed by atoms with Gasteiger partial charge in [-0.1, -0.05) is 25.2 Å². The third kappa shape index (κ3) is 5.44. The molecular formula is C19H31N5OS. The topological polar surface area (TPSA) is 43.9 Å². The maximum atomic E-state index is 5.82. The van der Waals surface area contributed by atoms with Crippen LogP contribution in [-0.4, -0.2) is 90.4 Å². The molecule has 0 radical (unpaired) electrons. The fourth-order valence-electron chi connectivity index (χ4n) is 3.63. The molecule has 0 bridgehead atoms. The number of hydrogen-bond donors (Lipinski definition) is 1. The fourth-order valence-corrected chi connectivity index (χ4v) is 3.97. The first kappa shape index (κ1) is 19.6. The lowest BCUT2D eigenvalue weighted by atomic mass is 10.1. The number of ether oxygens (including phenoxy) is 1. The van der Waals surface area contributed by atoms with Gasteiger partial charge in [0.1, 0.15) is 6.04 Å². The largest absolute Gasteiger partial charge is 0.379 e. The summed E-state index contributed by atoms with van der Waals surface area (Å²) in [6, 6.07) is 6.15. The lowest BCUT2D eigenvalue weighted by molar-refractivity contribution is 0.0363. The normalized spacial score (nSPS) is 21.4. The minimum absolute atomic E-state index is 0.0519. The number of piperazine rings is 1. The molecule has 2 fully saturated rings. The van der Waals surface area contributed by atoms with E-state index in [0.717, 1.165) is 69.8 Å². The maximum Gasteiger partial charge on any atom is 0.103 e. The summed E-state index contributed by atoms with van der Waals surface area (Å²) in [6.07, 6.45) is 3.07. The molecule has 1 aromatic rings. The monoisotopic (exact) mass is 377 g/mol. The van der Waals surface area contributed by atoms with E-state index in [2.05, 4.69) is 38.0 Å². The third-order valence-electron chi connectivity index (χ3n) is 5.11. The Balaban J connectivity index is 1.63. The molecule has 26 heavy (non-hydrogen) atoms.